The van der Waals surface area contributed by atoms with Crippen LogP contribution in [0.5, 0.6) is 0 Å². The highest BCUT2D eigenvalue weighted by atomic mass is 16.7. The molecule has 1 aromatic carbocycles. The number of rotatable bonds is 9. The van der Waals surface area contributed by atoms with Gasteiger partial charge in [0.05, 0.1) is 24.5 Å². The molecule has 0 radical (unpaired) electrons. The number of esters is 5. The van der Waals surface area contributed by atoms with Crippen LogP contribution in [-0.2, 0) is 58.8 Å². The van der Waals surface area contributed by atoms with Gasteiger partial charge >= 0.3 is 29.8 Å². The zero-order valence-electron chi connectivity index (χ0n) is 30.9. The minimum absolute atomic E-state index is 0.114. The zero-order valence-corrected chi connectivity index (χ0v) is 30.9. The van der Waals surface area contributed by atoms with Crippen molar-refractivity contribution in [1.82, 2.24) is 4.98 Å². The van der Waals surface area contributed by atoms with Crippen molar-refractivity contribution >= 4 is 35.6 Å². The van der Waals surface area contributed by atoms with Crippen molar-refractivity contribution in [2.45, 2.75) is 96.9 Å². The number of Topliss-reactive ketones (excluding diaryl/α,β-unsaturated/α-hetero) is 1. The van der Waals surface area contributed by atoms with Gasteiger partial charge in [-0.05, 0) is 48.6 Å². The molecule has 0 amide bonds. The van der Waals surface area contributed by atoms with Gasteiger partial charge in [-0.3, -0.25) is 29.0 Å². The second-order valence-electron chi connectivity index (χ2n) is 15.1. The van der Waals surface area contributed by atoms with Crippen LogP contribution in [0, 0.1) is 29.1 Å². The molecule has 1 saturated heterocycles. The quantitative estimate of drug-likeness (QED) is 0.156. The van der Waals surface area contributed by atoms with Gasteiger partial charge in [-0.15, -0.1) is 0 Å². The van der Waals surface area contributed by atoms with Crippen molar-refractivity contribution in [3.8, 4) is 0 Å². The molecule has 53 heavy (non-hydrogen) atoms. The Bertz CT molecular complexity index is 1830. The molecule has 3 aliphatic carbocycles. The van der Waals surface area contributed by atoms with E-state index >= 15 is 0 Å². The number of benzene rings is 1. The minimum atomic E-state index is -1.47. The van der Waals surface area contributed by atoms with Crippen LogP contribution < -0.4 is 0 Å². The average molecular weight is 732 g/mol. The van der Waals surface area contributed by atoms with E-state index in [-0.39, 0.29) is 36.7 Å². The first-order chi connectivity index (χ1) is 25.0. The van der Waals surface area contributed by atoms with Gasteiger partial charge in [-0.1, -0.05) is 51.1 Å². The van der Waals surface area contributed by atoms with Gasteiger partial charge in [0.2, 0.25) is 0 Å². The fourth-order valence-electron chi connectivity index (χ4n) is 8.91. The van der Waals surface area contributed by atoms with E-state index in [9.17, 15) is 28.8 Å². The lowest BCUT2D eigenvalue weighted by Gasteiger charge is -2.31. The predicted molar refractivity (Wildman–Crippen MR) is 185 cm³/mol. The van der Waals surface area contributed by atoms with E-state index in [1.54, 1.807) is 57.2 Å². The van der Waals surface area contributed by atoms with Gasteiger partial charge in [0, 0.05) is 50.4 Å². The van der Waals surface area contributed by atoms with Crippen LogP contribution in [0.25, 0.3) is 0 Å². The molecular formula is C40H45NO12. The second-order valence-corrected chi connectivity index (χ2v) is 15.1. The molecule has 0 spiro atoms. The molecule has 3 fully saturated rings. The number of pyridine rings is 1. The molecule has 0 N–H and O–H groups in total. The first-order valence-electron chi connectivity index (χ1n) is 17.8. The Labute approximate surface area is 307 Å². The Morgan fingerprint density at radius 2 is 1.55 bits per heavy atom. The summed E-state index contributed by atoms with van der Waals surface area (Å²) in [5.74, 6) is -6.38. The SMILES string of the molecule is CC(=O)OC[C@]1(C)[C@@H]2[C@H](OC(C)=O)[C@@H](C)C(=O)[C@@]34C[C@H](C)[C@H](OC(C)=O)[C@]3(C=C(C)[C@@H](OC(=O)Cc3ccccc3)[C@@H](OC(=O)c3cccnc3)[C@@H]21)O4. The Balaban J connectivity index is 1.55. The topological polar surface area (TPSA) is 174 Å². The van der Waals surface area contributed by atoms with Crippen molar-refractivity contribution in [2.75, 3.05) is 6.61 Å². The van der Waals surface area contributed by atoms with Crippen molar-refractivity contribution in [3.63, 3.8) is 0 Å². The Morgan fingerprint density at radius 3 is 2.17 bits per heavy atom. The molecule has 2 heterocycles. The molecule has 0 bridgehead atoms. The highest BCUT2D eigenvalue weighted by molar-refractivity contribution is 5.96. The summed E-state index contributed by atoms with van der Waals surface area (Å²) in [5, 5.41) is 0. The summed E-state index contributed by atoms with van der Waals surface area (Å²) in [6.07, 6.45) is 0.0353. The molecule has 6 rings (SSSR count). The zero-order chi connectivity index (χ0) is 38.5. The molecule has 11 atom stereocenters. The third kappa shape index (κ3) is 6.87. The highest BCUT2D eigenvalue weighted by Gasteiger charge is 2.84. The van der Waals surface area contributed by atoms with Crippen LogP contribution in [0.1, 0.15) is 70.8 Å². The summed E-state index contributed by atoms with van der Waals surface area (Å²) < 4.78 is 36.4. The maximum Gasteiger partial charge on any atom is 0.340 e. The normalized spacial score (nSPS) is 35.5. The largest absolute Gasteiger partial charge is 0.465 e. The molecule has 1 aliphatic heterocycles. The molecule has 13 nitrogen and oxygen atoms in total. The summed E-state index contributed by atoms with van der Waals surface area (Å²) in [6, 6.07) is 12.1. The Morgan fingerprint density at radius 1 is 0.868 bits per heavy atom. The number of carbonyl (C=O) groups excluding carboxylic acids is 6. The Hall–Kier alpha value is -4.91. The third-order valence-corrected chi connectivity index (χ3v) is 11.3. The van der Waals surface area contributed by atoms with Crippen molar-refractivity contribution in [1.29, 1.82) is 0 Å². The monoisotopic (exact) mass is 731 g/mol. The number of hydrogen-bond acceptors (Lipinski definition) is 13. The molecule has 4 aliphatic rings. The first-order valence-corrected chi connectivity index (χ1v) is 17.8. The molecular weight excluding hydrogens is 686 g/mol. The summed E-state index contributed by atoms with van der Waals surface area (Å²) in [6.45, 7) is 10.5. The highest BCUT2D eigenvalue weighted by Crippen LogP contribution is 2.69. The number of hydrogen-bond donors (Lipinski definition) is 0. The molecule has 2 aromatic rings. The van der Waals surface area contributed by atoms with Gasteiger partial charge in [-0.2, -0.15) is 0 Å². The standard InChI is InChI=1S/C40H45NO12/c1-21-17-40-36(50-26(6)44)22(2)18-39(40,53-40)35(46)23(3)33(49-25(5)43)30-31(38(30,7)20-48-24(4)42)34(52-37(47)28-14-11-15-41-19-28)32(21)51-29(45)16-27-12-9-8-10-13-27/h8-15,17,19,22-23,30-34,36H,16,18,20H2,1-7H3/t22-,23+,30-,31+,32+,33+,34-,36-,38+,39-,40-/m0/s1. The van der Waals surface area contributed by atoms with Gasteiger partial charge in [0.25, 0.3) is 0 Å². The van der Waals surface area contributed by atoms with E-state index in [2.05, 4.69) is 4.98 Å². The minimum Gasteiger partial charge on any atom is -0.465 e. The predicted octanol–water partition coefficient (Wildman–Crippen LogP) is 4.15. The van der Waals surface area contributed by atoms with Gasteiger partial charge in [0.1, 0.15) is 18.3 Å². The summed E-state index contributed by atoms with van der Waals surface area (Å²) in [7, 11) is 0. The first kappa shape index (κ1) is 37.8. The van der Waals surface area contributed by atoms with E-state index in [0.29, 0.717) is 11.1 Å². The maximum absolute atomic E-state index is 14.8. The second kappa shape index (κ2) is 14.1. The lowest BCUT2D eigenvalue weighted by molar-refractivity contribution is -0.155. The Kier molecular flexibility index (Phi) is 10.1. The third-order valence-electron chi connectivity index (χ3n) is 11.3. The number of fused-ring (bicyclic) bond motifs is 1. The number of epoxide rings is 1. The van der Waals surface area contributed by atoms with Gasteiger partial charge < -0.3 is 28.4 Å². The van der Waals surface area contributed by atoms with E-state index < -0.39 is 88.6 Å². The number of nitrogens with zero attached hydrogens (tertiary/aromatic N) is 1. The number of ketones is 1. The number of ether oxygens (including phenoxy) is 6. The van der Waals surface area contributed by atoms with Crippen molar-refractivity contribution in [2.24, 2.45) is 29.1 Å². The van der Waals surface area contributed by atoms with Crippen molar-refractivity contribution in [3.05, 3.63) is 77.6 Å². The summed E-state index contributed by atoms with van der Waals surface area (Å²) in [4.78, 5) is 84.0. The van der Waals surface area contributed by atoms with E-state index in [1.807, 2.05) is 13.0 Å². The lowest BCUT2D eigenvalue weighted by Crippen LogP contribution is -2.43. The van der Waals surface area contributed by atoms with Crippen LogP contribution in [0.3, 0.4) is 0 Å². The molecule has 2 saturated carbocycles. The fraction of sp³-hybridized carbons (Fsp3) is 0.525. The van der Waals surface area contributed by atoms with Crippen LogP contribution >= 0.6 is 0 Å². The lowest BCUT2D eigenvalue weighted by atomic mass is 9.80. The van der Waals surface area contributed by atoms with E-state index in [1.165, 1.54) is 39.2 Å². The molecule has 1 aromatic heterocycles. The van der Waals surface area contributed by atoms with E-state index in [0.717, 1.165) is 0 Å². The van der Waals surface area contributed by atoms with Crippen LogP contribution in [-0.4, -0.2) is 82.8 Å². The molecule has 0 unspecified atom stereocenters. The fourth-order valence-corrected chi connectivity index (χ4v) is 8.91. The van der Waals surface area contributed by atoms with Crippen LogP contribution in [0.2, 0.25) is 0 Å². The van der Waals surface area contributed by atoms with E-state index in [4.69, 9.17) is 28.4 Å². The summed E-state index contributed by atoms with van der Waals surface area (Å²) >= 11 is 0. The molecule has 13 heteroatoms. The maximum atomic E-state index is 14.8. The van der Waals surface area contributed by atoms with Gasteiger partial charge in [0.15, 0.2) is 23.1 Å². The van der Waals surface area contributed by atoms with Crippen LogP contribution in [0.4, 0.5) is 0 Å². The number of aromatic nitrogens is 1. The number of carbonyl (C=O) groups is 6. The smallest absolute Gasteiger partial charge is 0.340 e. The van der Waals surface area contributed by atoms with Crippen LogP contribution in [0.15, 0.2) is 66.5 Å². The average Bonchev–Trinajstić information content (AvgIpc) is 3.92. The molecule has 282 valence electrons. The van der Waals surface area contributed by atoms with Gasteiger partial charge in [-0.25, -0.2) is 4.79 Å². The summed E-state index contributed by atoms with van der Waals surface area (Å²) in [5.41, 5.74) is -2.78. The van der Waals surface area contributed by atoms with Crippen molar-refractivity contribution < 1.29 is 57.2 Å².